The second-order valence-electron chi connectivity index (χ2n) is 9.08. The highest BCUT2D eigenvalue weighted by Gasteiger charge is 2.57. The van der Waals surface area contributed by atoms with Gasteiger partial charge in [-0.15, -0.1) is 0 Å². The standard InChI is InChI=1S/C20H32O2/c1-12-10-16-13(11-18(12)22-3)4-5-15-14(16)8-9-20(2)17(15)6-7-19(20)21/h12-18H,4-11H2,1-3H3. The predicted molar refractivity (Wildman–Crippen MR) is 87.5 cm³/mol. The quantitative estimate of drug-likeness (QED) is 0.714. The van der Waals surface area contributed by atoms with Gasteiger partial charge in [0.05, 0.1) is 6.10 Å². The monoisotopic (exact) mass is 304 g/mol. The van der Waals surface area contributed by atoms with Crippen LogP contribution >= 0.6 is 0 Å². The highest BCUT2D eigenvalue weighted by atomic mass is 16.5. The van der Waals surface area contributed by atoms with Gasteiger partial charge in [-0.3, -0.25) is 4.79 Å². The Bertz CT molecular complexity index is 459. The molecule has 0 heterocycles. The maximum Gasteiger partial charge on any atom is 0.139 e. The first kappa shape index (κ1) is 15.2. The molecule has 0 aromatic heterocycles. The van der Waals surface area contributed by atoms with Gasteiger partial charge in [-0.2, -0.15) is 0 Å². The summed E-state index contributed by atoms with van der Waals surface area (Å²) < 4.78 is 5.74. The number of fused-ring (bicyclic) bond motifs is 5. The minimum Gasteiger partial charge on any atom is -0.381 e. The normalized spacial score (nSPS) is 54.5. The third-order valence-corrected chi connectivity index (χ3v) is 8.34. The number of carbonyl (C=O) groups is 1. The summed E-state index contributed by atoms with van der Waals surface area (Å²) >= 11 is 0. The van der Waals surface area contributed by atoms with Crippen molar-refractivity contribution in [2.45, 2.75) is 71.3 Å². The van der Waals surface area contributed by atoms with E-state index >= 15 is 0 Å². The van der Waals surface area contributed by atoms with Crippen molar-refractivity contribution in [1.82, 2.24) is 0 Å². The van der Waals surface area contributed by atoms with Gasteiger partial charge in [0.15, 0.2) is 0 Å². The summed E-state index contributed by atoms with van der Waals surface area (Å²) in [6.45, 7) is 4.68. The van der Waals surface area contributed by atoms with Crippen molar-refractivity contribution in [3.05, 3.63) is 0 Å². The second kappa shape index (κ2) is 5.33. The van der Waals surface area contributed by atoms with Gasteiger partial charge in [-0.05, 0) is 80.5 Å². The van der Waals surface area contributed by atoms with Gasteiger partial charge in [0.1, 0.15) is 5.78 Å². The lowest BCUT2D eigenvalue weighted by Gasteiger charge is -2.55. The molecule has 4 rings (SSSR count). The van der Waals surface area contributed by atoms with E-state index in [0.717, 1.165) is 30.1 Å². The number of ether oxygens (including phenoxy) is 1. The lowest BCUT2D eigenvalue weighted by molar-refractivity contribution is -0.134. The van der Waals surface area contributed by atoms with Crippen LogP contribution in [0.15, 0.2) is 0 Å². The van der Waals surface area contributed by atoms with E-state index in [1.54, 1.807) is 0 Å². The van der Waals surface area contributed by atoms with Crippen molar-refractivity contribution in [3.8, 4) is 0 Å². The molecule has 22 heavy (non-hydrogen) atoms. The molecule has 0 radical (unpaired) electrons. The van der Waals surface area contributed by atoms with Crippen LogP contribution < -0.4 is 0 Å². The van der Waals surface area contributed by atoms with E-state index in [1.165, 1.54) is 44.9 Å². The fourth-order valence-electron chi connectivity index (χ4n) is 7.11. The van der Waals surface area contributed by atoms with E-state index < -0.39 is 0 Å². The topological polar surface area (TPSA) is 26.3 Å². The summed E-state index contributed by atoms with van der Waals surface area (Å²) in [5.41, 5.74) is 0.0450. The first-order valence-corrected chi connectivity index (χ1v) is 9.60. The molecule has 0 saturated heterocycles. The Morgan fingerprint density at radius 3 is 2.64 bits per heavy atom. The molecule has 0 N–H and O–H groups in total. The van der Waals surface area contributed by atoms with E-state index in [4.69, 9.17) is 4.74 Å². The molecule has 4 aliphatic rings. The van der Waals surface area contributed by atoms with Gasteiger partial charge < -0.3 is 4.74 Å². The summed E-state index contributed by atoms with van der Waals surface area (Å²) in [5.74, 6) is 5.55. The summed E-state index contributed by atoms with van der Waals surface area (Å²) in [4.78, 5) is 12.4. The van der Waals surface area contributed by atoms with E-state index in [-0.39, 0.29) is 5.41 Å². The molecule has 0 aliphatic heterocycles. The Hall–Kier alpha value is -0.370. The summed E-state index contributed by atoms with van der Waals surface area (Å²) in [6, 6.07) is 0. The number of hydrogen-bond donors (Lipinski definition) is 0. The van der Waals surface area contributed by atoms with Crippen molar-refractivity contribution >= 4 is 5.78 Å². The average molecular weight is 304 g/mol. The maximum absolute atomic E-state index is 12.4. The van der Waals surface area contributed by atoms with Crippen LogP contribution in [0.2, 0.25) is 0 Å². The molecular weight excluding hydrogens is 272 g/mol. The predicted octanol–water partition coefficient (Wildman–Crippen LogP) is 4.47. The minimum atomic E-state index is 0.0450. The number of Topliss-reactive ketones (excluding diaryl/α,β-unsaturated/α-hetero) is 1. The Morgan fingerprint density at radius 1 is 1.05 bits per heavy atom. The van der Waals surface area contributed by atoms with Gasteiger partial charge >= 0.3 is 0 Å². The van der Waals surface area contributed by atoms with Gasteiger partial charge in [-0.25, -0.2) is 0 Å². The van der Waals surface area contributed by atoms with E-state index in [9.17, 15) is 4.79 Å². The van der Waals surface area contributed by atoms with Gasteiger partial charge in [0.2, 0.25) is 0 Å². The van der Waals surface area contributed by atoms with Crippen LogP contribution in [-0.2, 0) is 9.53 Å². The lowest BCUT2D eigenvalue weighted by Crippen LogP contribution is -2.50. The molecule has 0 amide bonds. The van der Waals surface area contributed by atoms with Crippen molar-refractivity contribution < 1.29 is 9.53 Å². The highest BCUT2D eigenvalue weighted by molar-refractivity contribution is 5.87. The van der Waals surface area contributed by atoms with E-state index in [2.05, 4.69) is 13.8 Å². The molecule has 8 atom stereocenters. The number of hydrogen-bond acceptors (Lipinski definition) is 2. The average Bonchev–Trinajstić information content (AvgIpc) is 2.82. The largest absolute Gasteiger partial charge is 0.381 e. The molecular formula is C20H32O2. The molecule has 8 unspecified atom stereocenters. The number of carbonyl (C=O) groups excluding carboxylic acids is 1. The van der Waals surface area contributed by atoms with Crippen LogP contribution in [0, 0.1) is 40.9 Å². The second-order valence-corrected chi connectivity index (χ2v) is 9.08. The third kappa shape index (κ3) is 2.05. The SMILES string of the molecule is COC1CC2CCC3C(CCC4(C)C(=O)CCC34)C2CC1C. The zero-order valence-electron chi connectivity index (χ0n) is 14.5. The zero-order chi connectivity index (χ0) is 15.5. The first-order chi connectivity index (χ1) is 10.5. The molecule has 0 bridgehead atoms. The molecule has 124 valence electrons. The smallest absolute Gasteiger partial charge is 0.139 e. The Kier molecular flexibility index (Phi) is 3.67. The fraction of sp³-hybridized carbons (Fsp3) is 0.950. The molecule has 0 aromatic rings. The maximum atomic E-state index is 12.4. The first-order valence-electron chi connectivity index (χ1n) is 9.60. The Balaban J connectivity index is 1.56. The molecule has 2 nitrogen and oxygen atoms in total. The summed E-state index contributed by atoms with van der Waals surface area (Å²) in [5, 5.41) is 0. The Morgan fingerprint density at radius 2 is 1.86 bits per heavy atom. The van der Waals surface area contributed by atoms with Gasteiger partial charge in [0.25, 0.3) is 0 Å². The molecule has 4 fully saturated rings. The number of methoxy groups -OCH3 is 1. The van der Waals surface area contributed by atoms with Gasteiger partial charge in [-0.1, -0.05) is 13.8 Å². The Labute approximate surface area is 135 Å². The third-order valence-electron chi connectivity index (χ3n) is 8.34. The number of rotatable bonds is 1. The van der Waals surface area contributed by atoms with Crippen LogP contribution in [0.4, 0.5) is 0 Å². The van der Waals surface area contributed by atoms with E-state index in [0.29, 0.717) is 23.7 Å². The van der Waals surface area contributed by atoms with Crippen LogP contribution in [0.25, 0.3) is 0 Å². The molecule has 4 aliphatic carbocycles. The van der Waals surface area contributed by atoms with Crippen molar-refractivity contribution in [1.29, 1.82) is 0 Å². The summed E-state index contributed by atoms with van der Waals surface area (Å²) in [6.07, 6.45) is 10.4. The van der Waals surface area contributed by atoms with Crippen molar-refractivity contribution in [2.75, 3.05) is 7.11 Å². The lowest BCUT2D eigenvalue weighted by atomic mass is 9.50. The van der Waals surface area contributed by atoms with Crippen molar-refractivity contribution in [2.24, 2.45) is 40.9 Å². The molecule has 0 spiro atoms. The van der Waals surface area contributed by atoms with Crippen LogP contribution in [0.5, 0.6) is 0 Å². The van der Waals surface area contributed by atoms with Gasteiger partial charge in [0, 0.05) is 18.9 Å². The highest BCUT2D eigenvalue weighted by Crippen LogP contribution is 2.61. The van der Waals surface area contributed by atoms with Crippen LogP contribution in [-0.4, -0.2) is 19.0 Å². The van der Waals surface area contributed by atoms with E-state index in [1.807, 2.05) is 7.11 Å². The van der Waals surface area contributed by atoms with Crippen LogP contribution in [0.3, 0.4) is 0 Å². The summed E-state index contributed by atoms with van der Waals surface area (Å²) in [7, 11) is 1.89. The zero-order valence-corrected chi connectivity index (χ0v) is 14.5. The molecule has 2 heteroatoms. The minimum absolute atomic E-state index is 0.0450. The molecule has 0 aromatic carbocycles. The number of ketones is 1. The molecule has 4 saturated carbocycles. The van der Waals surface area contributed by atoms with Crippen molar-refractivity contribution in [3.63, 3.8) is 0 Å². The van der Waals surface area contributed by atoms with Crippen LogP contribution in [0.1, 0.15) is 65.2 Å². The fourth-order valence-corrected chi connectivity index (χ4v) is 7.11.